The molecule has 9 rings (SSSR count). The number of hydrogen-bond acceptors (Lipinski definition) is 9. The van der Waals surface area contributed by atoms with Crippen molar-refractivity contribution in [1.82, 2.24) is 9.62 Å². The van der Waals surface area contributed by atoms with E-state index in [9.17, 15) is 13.2 Å². The number of amides is 1. The van der Waals surface area contributed by atoms with E-state index in [0.29, 0.717) is 42.6 Å². The number of hydrogen-bond donors (Lipinski definition) is 1. The van der Waals surface area contributed by atoms with Crippen LogP contribution in [-0.4, -0.2) is 96.0 Å². The number of nitrogens with zero attached hydrogens (tertiary/aromatic N) is 2. The van der Waals surface area contributed by atoms with Gasteiger partial charge >= 0.3 is 0 Å². The molecule has 2 bridgehead atoms. The van der Waals surface area contributed by atoms with Gasteiger partial charge in [-0.2, -0.15) is 0 Å². The lowest BCUT2D eigenvalue weighted by molar-refractivity contribution is -0.267. The average molecular weight is 768 g/mol. The van der Waals surface area contributed by atoms with Gasteiger partial charge in [0.05, 0.1) is 50.0 Å². The minimum absolute atomic E-state index is 0.127. The van der Waals surface area contributed by atoms with Crippen molar-refractivity contribution < 1.29 is 32.2 Å². The quantitative estimate of drug-likeness (QED) is 0.406. The summed E-state index contributed by atoms with van der Waals surface area (Å²) < 4.78 is 55.1. The molecule has 5 aliphatic heterocycles. The molecule has 12 heteroatoms. The van der Waals surface area contributed by atoms with E-state index in [1.165, 1.54) is 11.1 Å². The van der Waals surface area contributed by atoms with Crippen molar-refractivity contribution in [3.05, 3.63) is 58.1 Å². The van der Waals surface area contributed by atoms with Crippen molar-refractivity contribution in [2.24, 2.45) is 29.1 Å². The zero-order valence-electron chi connectivity index (χ0n) is 31.1. The number of sulfonamides is 1. The standard InChI is InChI=1S/C41H54ClN3O7S/c1-26-5-3-7-34(39-50-18-32(19-51-39)45-20-40(21-45)23-49-24-40)33-11-8-30(33)17-44-22-41(14-4-6-28-15-31(42)10-12-35(28)41)25-52-37-13-9-29(16-36(37)44)38(46)43-53(47,48)27(26)2/h9-10,12-13,15-16,26-27,30,32-34,39H,3-8,11,14,17-25H2,1-2H3,(H,43,46)/t26-,27+,30-,32-,33+,34+,39-,41-/m0/s1. The monoisotopic (exact) mass is 767 g/mol. The fraction of sp³-hybridized carbons (Fsp3) is 0.683. The fourth-order valence-corrected chi connectivity index (χ4v) is 12.1. The number of ether oxygens (including phenoxy) is 4. The molecule has 0 aromatic heterocycles. The Morgan fingerprint density at radius 3 is 2.45 bits per heavy atom. The van der Waals surface area contributed by atoms with Crippen LogP contribution in [0.4, 0.5) is 5.69 Å². The van der Waals surface area contributed by atoms with Crippen LogP contribution in [0.15, 0.2) is 36.4 Å². The molecule has 2 spiro atoms. The molecular formula is C41H54ClN3O7S. The number of carbonyl (C=O) groups excluding carboxylic acids is 1. The zero-order chi connectivity index (χ0) is 36.5. The van der Waals surface area contributed by atoms with Gasteiger partial charge in [-0.25, -0.2) is 13.1 Å². The first-order valence-electron chi connectivity index (χ1n) is 19.9. The van der Waals surface area contributed by atoms with E-state index in [1.807, 2.05) is 25.1 Å². The van der Waals surface area contributed by atoms with Crippen LogP contribution in [0.25, 0.3) is 0 Å². The van der Waals surface area contributed by atoms with Crippen LogP contribution in [0.1, 0.15) is 80.3 Å². The third kappa shape index (κ3) is 6.69. The second-order valence-electron chi connectivity index (χ2n) is 17.6. The van der Waals surface area contributed by atoms with Crippen molar-refractivity contribution in [2.75, 3.05) is 64.1 Å². The lowest BCUT2D eigenvalue weighted by Crippen LogP contribution is -2.70. The van der Waals surface area contributed by atoms with Crippen LogP contribution >= 0.6 is 11.6 Å². The highest BCUT2D eigenvalue weighted by Gasteiger charge is 2.52. The lowest BCUT2D eigenvalue weighted by atomic mass is 9.64. The Morgan fingerprint density at radius 2 is 1.72 bits per heavy atom. The van der Waals surface area contributed by atoms with Gasteiger partial charge in [-0.3, -0.25) is 9.69 Å². The SMILES string of the molecule is C[C@@H]1[C@@H](C)CCC[C@@H]([C@H]2OC[C@H](N3CC4(COC4)C3)CO2)[C@@H]2CC[C@H]2CN2C[C@@]3(CCCc4cc(Cl)ccc43)COc3ccc(cc32)C(=O)NS1(=O)=O. The van der Waals surface area contributed by atoms with E-state index in [4.69, 9.17) is 30.5 Å². The van der Waals surface area contributed by atoms with Crippen molar-refractivity contribution in [2.45, 2.75) is 88.2 Å². The van der Waals surface area contributed by atoms with Gasteiger partial charge in [0.25, 0.3) is 5.91 Å². The summed E-state index contributed by atoms with van der Waals surface area (Å²) in [5, 5.41) is 0.0278. The summed E-state index contributed by atoms with van der Waals surface area (Å²) in [7, 11) is -3.91. The Labute approximate surface area is 319 Å². The van der Waals surface area contributed by atoms with Crippen molar-refractivity contribution in [1.29, 1.82) is 0 Å². The van der Waals surface area contributed by atoms with Gasteiger partial charge in [-0.05, 0) is 111 Å². The molecule has 288 valence electrons. The van der Waals surface area contributed by atoms with Crippen molar-refractivity contribution in [3.63, 3.8) is 0 Å². The van der Waals surface area contributed by atoms with Crippen LogP contribution in [0.5, 0.6) is 5.75 Å². The predicted octanol–water partition coefficient (Wildman–Crippen LogP) is 5.80. The van der Waals surface area contributed by atoms with Crippen molar-refractivity contribution >= 4 is 33.2 Å². The maximum atomic E-state index is 13.6. The first kappa shape index (κ1) is 36.2. The first-order chi connectivity index (χ1) is 25.5. The molecule has 10 nitrogen and oxygen atoms in total. The summed E-state index contributed by atoms with van der Waals surface area (Å²) in [5.41, 5.74) is 3.84. The molecule has 5 heterocycles. The molecule has 1 N–H and O–H groups in total. The zero-order valence-corrected chi connectivity index (χ0v) is 32.6. The second kappa shape index (κ2) is 14.0. The number of halogens is 1. The Kier molecular flexibility index (Phi) is 9.54. The van der Waals surface area contributed by atoms with Crippen LogP contribution in [0, 0.1) is 29.1 Å². The molecule has 1 saturated carbocycles. The maximum absolute atomic E-state index is 13.6. The maximum Gasteiger partial charge on any atom is 0.264 e. The number of rotatable bonds is 2. The largest absolute Gasteiger partial charge is 0.490 e. The molecule has 2 aliphatic carbocycles. The summed E-state index contributed by atoms with van der Waals surface area (Å²) in [4.78, 5) is 18.6. The topological polar surface area (TPSA) is 107 Å². The number of anilines is 1. The third-order valence-corrected chi connectivity index (χ3v) is 16.3. The molecule has 0 unspecified atom stereocenters. The Balaban J connectivity index is 1.03. The molecule has 2 aromatic carbocycles. The molecule has 3 saturated heterocycles. The minimum Gasteiger partial charge on any atom is -0.490 e. The number of nitrogens with one attached hydrogen (secondary N) is 1. The molecule has 53 heavy (non-hydrogen) atoms. The van der Waals surface area contributed by atoms with Gasteiger partial charge in [0.15, 0.2) is 6.29 Å². The molecule has 1 amide bonds. The molecule has 6 atom stereocenters. The lowest BCUT2D eigenvalue weighted by Gasteiger charge is -2.58. The minimum atomic E-state index is -3.91. The number of likely N-dealkylation sites (tertiary alicyclic amines) is 1. The number of aryl methyl sites for hydroxylation is 1. The van der Waals surface area contributed by atoms with Gasteiger partial charge in [-0.1, -0.05) is 31.0 Å². The molecule has 0 radical (unpaired) electrons. The van der Waals surface area contributed by atoms with Crippen LogP contribution in [-0.2, 0) is 36.1 Å². The fourth-order valence-electron chi connectivity index (χ4n) is 10.6. The van der Waals surface area contributed by atoms with Gasteiger partial charge < -0.3 is 23.8 Å². The Bertz CT molecular complexity index is 1820. The van der Waals surface area contributed by atoms with E-state index >= 15 is 0 Å². The summed E-state index contributed by atoms with van der Waals surface area (Å²) >= 11 is 6.50. The summed E-state index contributed by atoms with van der Waals surface area (Å²) in [6.07, 6.45) is 7.49. The van der Waals surface area contributed by atoms with E-state index in [2.05, 4.69) is 26.7 Å². The number of benzene rings is 2. The van der Waals surface area contributed by atoms with E-state index < -0.39 is 21.2 Å². The highest BCUT2D eigenvalue weighted by atomic mass is 35.5. The predicted molar refractivity (Wildman–Crippen MR) is 203 cm³/mol. The molecule has 2 aromatic rings. The van der Waals surface area contributed by atoms with Gasteiger partial charge in [0.2, 0.25) is 10.0 Å². The average Bonchev–Trinajstić information content (AvgIpc) is 3.24. The molecule has 7 aliphatic rings. The summed E-state index contributed by atoms with van der Waals surface area (Å²) in [6.45, 7) is 11.0. The van der Waals surface area contributed by atoms with Gasteiger partial charge in [0, 0.05) is 53.5 Å². The Morgan fingerprint density at radius 1 is 0.906 bits per heavy atom. The summed E-state index contributed by atoms with van der Waals surface area (Å²) in [5.74, 6) is 1.04. The van der Waals surface area contributed by atoms with E-state index in [0.717, 1.165) is 107 Å². The third-order valence-electron chi connectivity index (χ3n) is 14.2. The number of carbonyl (C=O) groups is 1. The molecule has 4 fully saturated rings. The van der Waals surface area contributed by atoms with Crippen LogP contribution in [0.2, 0.25) is 5.02 Å². The smallest absolute Gasteiger partial charge is 0.264 e. The van der Waals surface area contributed by atoms with Crippen LogP contribution in [0.3, 0.4) is 0 Å². The highest BCUT2D eigenvalue weighted by Crippen LogP contribution is 2.49. The first-order valence-corrected chi connectivity index (χ1v) is 21.9. The van der Waals surface area contributed by atoms with Crippen LogP contribution < -0.4 is 14.4 Å². The summed E-state index contributed by atoms with van der Waals surface area (Å²) in [6, 6.07) is 12.0. The van der Waals surface area contributed by atoms with E-state index in [-0.39, 0.29) is 29.6 Å². The molecular weight excluding hydrogens is 714 g/mol. The Hall–Kier alpha value is -2.41. The van der Waals surface area contributed by atoms with Gasteiger partial charge in [0.1, 0.15) is 5.75 Å². The van der Waals surface area contributed by atoms with Gasteiger partial charge in [-0.15, -0.1) is 0 Å². The normalized spacial score (nSPS) is 36.8. The van der Waals surface area contributed by atoms with Crippen molar-refractivity contribution in [3.8, 4) is 5.75 Å². The highest BCUT2D eigenvalue weighted by molar-refractivity contribution is 7.90. The number of fused-ring (bicyclic) bond motifs is 4. The second-order valence-corrected chi connectivity index (χ2v) is 20.1. The van der Waals surface area contributed by atoms with E-state index in [1.54, 1.807) is 13.0 Å².